The molecule has 3 fully saturated rings. The first kappa shape index (κ1) is 24.9. The Kier molecular flexibility index (Phi) is 6.62. The summed E-state index contributed by atoms with van der Waals surface area (Å²) in [6.07, 6.45) is 13.4. The molecule has 3 aliphatic carbocycles. The molecular formula is C31H43ClN2O. The number of nitrogens with zero attached hydrogens (tertiary/aromatic N) is 1. The van der Waals surface area contributed by atoms with Crippen molar-refractivity contribution in [3.05, 3.63) is 45.7 Å². The van der Waals surface area contributed by atoms with E-state index in [0.29, 0.717) is 22.7 Å². The van der Waals surface area contributed by atoms with Crippen LogP contribution in [0.25, 0.3) is 11.1 Å². The predicted octanol–water partition coefficient (Wildman–Crippen LogP) is 8.10. The van der Waals surface area contributed by atoms with Crippen LogP contribution >= 0.6 is 11.6 Å². The van der Waals surface area contributed by atoms with Crippen molar-refractivity contribution in [3.8, 4) is 11.1 Å². The van der Waals surface area contributed by atoms with E-state index in [1.807, 2.05) is 0 Å². The fourth-order valence-electron chi connectivity index (χ4n) is 5.98. The molecule has 0 bridgehead atoms. The number of hydrogen-bond acceptors (Lipinski definition) is 1. The molecule has 1 aromatic carbocycles. The zero-order valence-electron chi connectivity index (χ0n) is 22.4. The molecule has 0 spiro atoms. The van der Waals surface area contributed by atoms with Gasteiger partial charge in [-0.3, -0.25) is 4.79 Å². The summed E-state index contributed by atoms with van der Waals surface area (Å²) in [6, 6.07) is 7.43. The number of benzene rings is 1. The Labute approximate surface area is 217 Å². The Morgan fingerprint density at radius 1 is 1.06 bits per heavy atom. The van der Waals surface area contributed by atoms with Gasteiger partial charge in [-0.15, -0.1) is 0 Å². The largest absolute Gasteiger partial charge is 0.348 e. The van der Waals surface area contributed by atoms with E-state index in [2.05, 4.69) is 62.8 Å². The lowest BCUT2D eigenvalue weighted by molar-refractivity contribution is 0.0908. The third kappa shape index (κ3) is 4.95. The van der Waals surface area contributed by atoms with E-state index in [1.165, 1.54) is 73.8 Å². The van der Waals surface area contributed by atoms with E-state index < -0.39 is 0 Å². The molecule has 0 radical (unpaired) electrons. The minimum Gasteiger partial charge on any atom is -0.348 e. The van der Waals surface area contributed by atoms with Crippen LogP contribution in [0.4, 0.5) is 0 Å². The Bertz CT molecular complexity index is 1080. The third-order valence-corrected chi connectivity index (χ3v) is 9.47. The number of nitrogens with one attached hydrogen (secondary N) is 1. The lowest BCUT2D eigenvalue weighted by atomic mass is 9.81. The summed E-state index contributed by atoms with van der Waals surface area (Å²) in [7, 11) is 2.06. The zero-order chi connectivity index (χ0) is 25.0. The second-order valence-corrected chi connectivity index (χ2v) is 13.3. The van der Waals surface area contributed by atoms with Crippen molar-refractivity contribution < 1.29 is 4.79 Å². The standard InChI is InChI=1S/C31H43ClN2O/c1-30(2,3)22-17-21(18-23(19-22)31(4)14-15-31)26-25(16-20-10-7-6-8-11-20)34(5)28(27(26)32)29(35)33-24-12-9-13-24/h17-20,24H,6-16H2,1-5H3,(H,33,35). The predicted molar refractivity (Wildman–Crippen MR) is 147 cm³/mol. The molecule has 3 nitrogen and oxygen atoms in total. The number of amides is 1. The molecule has 1 aromatic heterocycles. The molecule has 0 saturated heterocycles. The van der Waals surface area contributed by atoms with E-state index >= 15 is 0 Å². The van der Waals surface area contributed by atoms with E-state index in [0.717, 1.165) is 24.8 Å². The van der Waals surface area contributed by atoms with Gasteiger partial charge in [0.25, 0.3) is 5.91 Å². The molecule has 190 valence electrons. The smallest absolute Gasteiger partial charge is 0.269 e. The van der Waals surface area contributed by atoms with Gasteiger partial charge in [-0.1, -0.05) is 89.6 Å². The van der Waals surface area contributed by atoms with Gasteiger partial charge in [0.1, 0.15) is 5.69 Å². The summed E-state index contributed by atoms with van der Waals surface area (Å²) < 4.78 is 2.13. The maximum atomic E-state index is 13.4. The molecule has 0 unspecified atom stereocenters. The molecule has 3 aliphatic rings. The minimum absolute atomic E-state index is 0.0142. The molecule has 4 heteroatoms. The summed E-state index contributed by atoms with van der Waals surface area (Å²) >= 11 is 7.19. The Morgan fingerprint density at radius 2 is 1.74 bits per heavy atom. The van der Waals surface area contributed by atoms with Crippen molar-refractivity contribution in [2.45, 2.75) is 115 Å². The molecule has 35 heavy (non-hydrogen) atoms. The number of carbonyl (C=O) groups is 1. The monoisotopic (exact) mass is 494 g/mol. The Balaban J connectivity index is 1.64. The first-order valence-corrected chi connectivity index (χ1v) is 14.3. The zero-order valence-corrected chi connectivity index (χ0v) is 23.2. The molecule has 1 heterocycles. The van der Waals surface area contributed by atoms with Crippen molar-refractivity contribution in [2.75, 3.05) is 0 Å². The fourth-order valence-corrected chi connectivity index (χ4v) is 6.41. The van der Waals surface area contributed by atoms with Gasteiger partial charge >= 0.3 is 0 Å². The lowest BCUT2D eigenvalue weighted by Gasteiger charge is -2.26. The van der Waals surface area contributed by atoms with Crippen LogP contribution in [-0.4, -0.2) is 16.5 Å². The van der Waals surface area contributed by atoms with Crippen LogP contribution in [-0.2, 0) is 24.3 Å². The number of rotatable bonds is 6. The first-order valence-electron chi connectivity index (χ1n) is 13.9. The van der Waals surface area contributed by atoms with E-state index in [-0.39, 0.29) is 16.7 Å². The highest BCUT2D eigenvalue weighted by Gasteiger charge is 2.40. The molecule has 1 amide bonds. The van der Waals surface area contributed by atoms with Crippen molar-refractivity contribution in [2.24, 2.45) is 13.0 Å². The summed E-state index contributed by atoms with van der Waals surface area (Å²) in [5, 5.41) is 3.88. The minimum atomic E-state index is -0.0142. The van der Waals surface area contributed by atoms with Crippen molar-refractivity contribution in [3.63, 3.8) is 0 Å². The normalized spacial score (nSPS) is 20.5. The molecule has 3 saturated carbocycles. The average Bonchev–Trinajstić information content (AvgIpc) is 3.49. The second kappa shape index (κ2) is 9.29. The Morgan fingerprint density at radius 3 is 2.31 bits per heavy atom. The summed E-state index contributed by atoms with van der Waals surface area (Å²) in [4.78, 5) is 13.4. The summed E-state index contributed by atoms with van der Waals surface area (Å²) in [6.45, 7) is 9.25. The molecular weight excluding hydrogens is 452 g/mol. The maximum Gasteiger partial charge on any atom is 0.269 e. The quantitative estimate of drug-likeness (QED) is 0.432. The van der Waals surface area contributed by atoms with Gasteiger partial charge in [0.2, 0.25) is 0 Å². The van der Waals surface area contributed by atoms with Crippen molar-refractivity contribution in [1.29, 1.82) is 0 Å². The molecule has 5 rings (SSSR count). The maximum absolute atomic E-state index is 13.4. The highest BCUT2D eigenvalue weighted by molar-refractivity contribution is 6.36. The third-order valence-electron chi connectivity index (χ3n) is 9.10. The Hall–Kier alpha value is -1.74. The van der Waals surface area contributed by atoms with Crippen molar-refractivity contribution in [1.82, 2.24) is 9.88 Å². The van der Waals surface area contributed by atoms with Crippen LogP contribution in [0.1, 0.15) is 119 Å². The van der Waals surface area contributed by atoms with Crippen LogP contribution in [0.5, 0.6) is 0 Å². The van der Waals surface area contributed by atoms with Gasteiger partial charge in [-0.2, -0.15) is 0 Å². The van der Waals surface area contributed by atoms with Gasteiger partial charge in [-0.05, 0) is 72.0 Å². The van der Waals surface area contributed by atoms with Gasteiger partial charge in [-0.25, -0.2) is 0 Å². The number of hydrogen-bond donors (Lipinski definition) is 1. The fraction of sp³-hybridized carbons (Fsp3) is 0.645. The first-order chi connectivity index (χ1) is 16.6. The van der Waals surface area contributed by atoms with E-state index in [1.54, 1.807) is 0 Å². The van der Waals surface area contributed by atoms with E-state index in [9.17, 15) is 4.79 Å². The van der Waals surface area contributed by atoms with Crippen LogP contribution in [0.2, 0.25) is 5.02 Å². The topological polar surface area (TPSA) is 34.0 Å². The van der Waals surface area contributed by atoms with Crippen LogP contribution in [0, 0.1) is 5.92 Å². The second-order valence-electron chi connectivity index (χ2n) is 13.0. The van der Waals surface area contributed by atoms with Gasteiger partial charge in [0.15, 0.2) is 0 Å². The van der Waals surface area contributed by atoms with Crippen molar-refractivity contribution >= 4 is 17.5 Å². The van der Waals surface area contributed by atoms with Gasteiger partial charge < -0.3 is 9.88 Å². The van der Waals surface area contributed by atoms with Gasteiger partial charge in [0, 0.05) is 24.3 Å². The number of halogens is 1. The number of carbonyl (C=O) groups excluding carboxylic acids is 1. The van der Waals surface area contributed by atoms with Crippen LogP contribution < -0.4 is 5.32 Å². The summed E-state index contributed by atoms with van der Waals surface area (Å²) in [5.41, 5.74) is 7.24. The van der Waals surface area contributed by atoms with Crippen LogP contribution in [0.3, 0.4) is 0 Å². The highest BCUT2D eigenvalue weighted by atomic mass is 35.5. The molecule has 2 aromatic rings. The molecule has 1 N–H and O–H groups in total. The summed E-state index contributed by atoms with van der Waals surface area (Å²) in [5.74, 6) is 0.653. The highest BCUT2D eigenvalue weighted by Crippen LogP contribution is 2.50. The average molecular weight is 495 g/mol. The van der Waals surface area contributed by atoms with Gasteiger partial charge in [0.05, 0.1) is 5.02 Å². The molecule has 0 atom stereocenters. The lowest BCUT2D eigenvalue weighted by Crippen LogP contribution is -2.40. The number of aromatic nitrogens is 1. The van der Waals surface area contributed by atoms with Crippen LogP contribution in [0.15, 0.2) is 18.2 Å². The van der Waals surface area contributed by atoms with E-state index in [4.69, 9.17) is 11.6 Å². The molecule has 0 aliphatic heterocycles. The SMILES string of the molecule is Cn1c(CC2CCCCC2)c(-c2cc(C(C)(C)C)cc(C3(C)CC3)c2)c(Cl)c1C(=O)NC1CCC1.